The van der Waals surface area contributed by atoms with Gasteiger partial charge in [0, 0.05) is 6.54 Å². The molecule has 0 atom stereocenters. The highest BCUT2D eigenvalue weighted by Crippen LogP contribution is 2.23. The van der Waals surface area contributed by atoms with E-state index in [1.807, 2.05) is 0 Å². The molecule has 0 saturated heterocycles. The largest absolute Gasteiger partial charge is 0.455 e. The van der Waals surface area contributed by atoms with Crippen molar-refractivity contribution in [2.24, 2.45) is 0 Å². The number of alkyl halides is 5. The van der Waals surface area contributed by atoms with Crippen molar-refractivity contribution < 1.29 is 36.3 Å². The van der Waals surface area contributed by atoms with Gasteiger partial charge in [0.25, 0.3) is 11.7 Å². The first-order valence-corrected chi connectivity index (χ1v) is 6.73. The van der Waals surface area contributed by atoms with E-state index in [4.69, 9.17) is 9.52 Å². The van der Waals surface area contributed by atoms with Gasteiger partial charge in [0.1, 0.15) is 12.3 Å². The molecule has 0 aromatic carbocycles. The molecule has 1 N–H and O–H groups in total. The van der Waals surface area contributed by atoms with Crippen LogP contribution in [-0.4, -0.2) is 47.5 Å². The van der Waals surface area contributed by atoms with Crippen LogP contribution in [0, 0.1) is 0 Å². The summed E-state index contributed by atoms with van der Waals surface area (Å²) in [6.07, 6.45) is -4.62. The van der Waals surface area contributed by atoms with Crippen LogP contribution < -0.4 is 0 Å². The van der Waals surface area contributed by atoms with Crippen LogP contribution in [0.1, 0.15) is 16.3 Å². The highest BCUT2D eigenvalue weighted by molar-refractivity contribution is 7.98. The van der Waals surface area contributed by atoms with Crippen LogP contribution in [0.4, 0.5) is 22.0 Å². The summed E-state index contributed by atoms with van der Waals surface area (Å²) in [5.74, 6) is -4.22. The molecule has 0 radical (unpaired) electrons. The molecule has 1 rings (SSSR count). The lowest BCUT2D eigenvalue weighted by atomic mass is 10.3. The van der Waals surface area contributed by atoms with Crippen LogP contribution in [0.2, 0.25) is 0 Å². The highest BCUT2D eigenvalue weighted by atomic mass is 32.2. The van der Waals surface area contributed by atoms with Gasteiger partial charge in [0.15, 0.2) is 5.76 Å². The Kier molecular flexibility index (Phi) is 6.46. The zero-order valence-electron chi connectivity index (χ0n) is 10.6. The van der Waals surface area contributed by atoms with E-state index in [9.17, 15) is 26.7 Å². The minimum atomic E-state index is -4.62. The maximum atomic E-state index is 12.3. The molecule has 1 amide bonds. The molecule has 1 heterocycles. The lowest BCUT2D eigenvalue weighted by Crippen LogP contribution is -2.40. The predicted octanol–water partition coefficient (Wildman–Crippen LogP) is 2.73. The summed E-state index contributed by atoms with van der Waals surface area (Å²) < 4.78 is 65.9. The van der Waals surface area contributed by atoms with Crippen molar-refractivity contribution in [2.45, 2.75) is 17.7 Å². The van der Waals surface area contributed by atoms with E-state index in [0.717, 1.165) is 6.07 Å². The summed E-state index contributed by atoms with van der Waals surface area (Å²) in [4.78, 5) is 12.2. The van der Waals surface area contributed by atoms with E-state index in [-0.39, 0.29) is 23.3 Å². The normalized spacial score (nSPS) is 12.0. The van der Waals surface area contributed by atoms with Gasteiger partial charge in [-0.25, -0.2) is 0 Å². The van der Waals surface area contributed by atoms with E-state index in [0.29, 0.717) is 4.90 Å². The van der Waals surface area contributed by atoms with E-state index < -0.39 is 43.3 Å². The van der Waals surface area contributed by atoms with E-state index >= 15 is 0 Å². The van der Waals surface area contributed by atoms with Gasteiger partial charge in [-0.1, -0.05) is 11.8 Å². The fourth-order valence-corrected chi connectivity index (χ4v) is 1.91. The maximum Gasteiger partial charge on any atom is 0.406 e. The zero-order valence-corrected chi connectivity index (χ0v) is 11.4. The van der Waals surface area contributed by atoms with Gasteiger partial charge < -0.3 is 14.4 Å². The molecule has 0 saturated carbocycles. The number of carbonyl (C=O) groups excluding carboxylic acids is 1. The van der Waals surface area contributed by atoms with Crippen molar-refractivity contribution in [1.82, 2.24) is 4.90 Å². The first kappa shape index (κ1) is 17.8. The van der Waals surface area contributed by atoms with E-state index in [1.54, 1.807) is 0 Å². The monoisotopic (exact) mass is 333 g/mol. The molecule has 1 aromatic rings. The summed E-state index contributed by atoms with van der Waals surface area (Å²) in [7, 11) is 0. The second-order valence-corrected chi connectivity index (χ2v) is 4.88. The summed E-state index contributed by atoms with van der Waals surface area (Å²) in [6, 6.07) is 2.36. The molecule has 0 fully saturated rings. The molecule has 120 valence electrons. The minimum absolute atomic E-state index is 0.0552. The van der Waals surface area contributed by atoms with Gasteiger partial charge >= 0.3 is 6.18 Å². The molecular weight excluding hydrogens is 321 g/mol. The number of halogens is 5. The molecule has 4 nitrogen and oxygen atoms in total. The van der Waals surface area contributed by atoms with Crippen LogP contribution in [-0.2, 0) is 5.75 Å². The van der Waals surface area contributed by atoms with Gasteiger partial charge in [-0.05, 0) is 12.1 Å². The van der Waals surface area contributed by atoms with Gasteiger partial charge in [0.05, 0.1) is 12.4 Å². The maximum absolute atomic E-state index is 12.3. The summed E-state index contributed by atoms with van der Waals surface area (Å²) in [5, 5.41) is 8.70. The number of amides is 1. The Morgan fingerprint density at radius 2 is 2.05 bits per heavy atom. The molecule has 0 aliphatic heterocycles. The third-order valence-corrected chi connectivity index (χ3v) is 2.95. The summed E-state index contributed by atoms with van der Waals surface area (Å²) >= 11 is 0.266. The Balaban J connectivity index is 2.74. The van der Waals surface area contributed by atoms with Crippen molar-refractivity contribution in [3.8, 4) is 0 Å². The average molecular weight is 333 g/mol. The molecule has 0 unspecified atom stereocenters. The predicted molar refractivity (Wildman–Crippen MR) is 65.1 cm³/mol. The van der Waals surface area contributed by atoms with Crippen molar-refractivity contribution in [1.29, 1.82) is 0 Å². The van der Waals surface area contributed by atoms with Crippen LogP contribution in [0.3, 0.4) is 0 Å². The average Bonchev–Trinajstić information content (AvgIpc) is 2.82. The fraction of sp³-hybridized carbons (Fsp3) is 0.545. The number of furan rings is 1. The lowest BCUT2D eigenvalue weighted by Gasteiger charge is -2.21. The number of rotatable bonds is 7. The molecule has 0 aliphatic rings. The van der Waals surface area contributed by atoms with Crippen LogP contribution in [0.25, 0.3) is 0 Å². The topological polar surface area (TPSA) is 53.7 Å². The van der Waals surface area contributed by atoms with E-state index in [2.05, 4.69) is 0 Å². The second kappa shape index (κ2) is 7.64. The van der Waals surface area contributed by atoms with Crippen molar-refractivity contribution in [3.05, 3.63) is 23.7 Å². The standard InChI is InChI=1S/C11H12F5NO3S/c12-10(13)21-5-7-1-2-8(20-7)9(19)17(3-4-18)6-11(14,15)16/h1-2,10,18H,3-6H2. The Morgan fingerprint density at radius 3 is 2.57 bits per heavy atom. The number of aliphatic hydroxyl groups excluding tert-OH is 1. The number of hydrogen-bond acceptors (Lipinski definition) is 4. The van der Waals surface area contributed by atoms with Gasteiger partial charge in [-0.3, -0.25) is 4.79 Å². The van der Waals surface area contributed by atoms with Crippen molar-refractivity contribution in [3.63, 3.8) is 0 Å². The second-order valence-electron chi connectivity index (χ2n) is 3.90. The van der Waals surface area contributed by atoms with Crippen LogP contribution in [0.5, 0.6) is 0 Å². The van der Waals surface area contributed by atoms with E-state index in [1.165, 1.54) is 6.07 Å². The molecular formula is C11H12F5NO3S. The Bertz CT molecular complexity index is 463. The quantitative estimate of drug-likeness (QED) is 0.780. The zero-order chi connectivity index (χ0) is 16.0. The third-order valence-electron chi connectivity index (χ3n) is 2.25. The number of carbonyl (C=O) groups is 1. The summed E-state index contributed by atoms with van der Waals surface area (Å²) in [5.41, 5.74) is 0. The molecule has 1 aromatic heterocycles. The van der Waals surface area contributed by atoms with Gasteiger partial charge in [-0.2, -0.15) is 22.0 Å². The van der Waals surface area contributed by atoms with Crippen molar-refractivity contribution >= 4 is 17.7 Å². The lowest BCUT2D eigenvalue weighted by molar-refractivity contribution is -0.141. The molecule has 0 aliphatic carbocycles. The number of aliphatic hydroxyl groups is 1. The fourth-order valence-electron chi connectivity index (χ4n) is 1.46. The van der Waals surface area contributed by atoms with Crippen LogP contribution in [0.15, 0.2) is 16.5 Å². The first-order valence-electron chi connectivity index (χ1n) is 5.68. The van der Waals surface area contributed by atoms with Gasteiger partial charge in [0.2, 0.25) is 0 Å². The van der Waals surface area contributed by atoms with Gasteiger partial charge in [-0.15, -0.1) is 0 Å². The highest BCUT2D eigenvalue weighted by Gasteiger charge is 2.34. The first-order chi connectivity index (χ1) is 9.73. The molecule has 0 bridgehead atoms. The van der Waals surface area contributed by atoms with Crippen molar-refractivity contribution in [2.75, 3.05) is 19.7 Å². The minimum Gasteiger partial charge on any atom is -0.455 e. The molecule has 0 spiro atoms. The smallest absolute Gasteiger partial charge is 0.406 e. The SMILES string of the molecule is O=C(c1ccc(CSC(F)F)o1)N(CCO)CC(F)(F)F. The number of nitrogens with zero attached hydrogens (tertiary/aromatic N) is 1. The number of thioether (sulfide) groups is 1. The third kappa shape index (κ3) is 6.34. The Hall–Kier alpha value is -1.29. The number of hydrogen-bond donors (Lipinski definition) is 1. The van der Waals surface area contributed by atoms with Crippen LogP contribution >= 0.6 is 11.8 Å². The Morgan fingerprint density at radius 1 is 1.38 bits per heavy atom. The molecule has 21 heavy (non-hydrogen) atoms. The Labute approximate surface area is 120 Å². The summed E-state index contributed by atoms with van der Waals surface area (Å²) in [6.45, 7) is -2.69. The molecule has 10 heteroatoms.